The summed E-state index contributed by atoms with van der Waals surface area (Å²) in [5, 5.41) is 8.36. The molecule has 1 aliphatic rings. The van der Waals surface area contributed by atoms with E-state index < -0.39 is 0 Å². The number of hydrogen-bond acceptors (Lipinski definition) is 2. The van der Waals surface area contributed by atoms with Gasteiger partial charge in [-0.15, -0.1) is 0 Å². The minimum atomic E-state index is -0.125. The quantitative estimate of drug-likeness (QED) is 0.538. The van der Waals surface area contributed by atoms with Crippen LogP contribution in [-0.2, 0) is 24.9 Å². The first-order valence-corrected chi connectivity index (χ1v) is 5.32. The average Bonchev–Trinajstić information content (AvgIpc) is 1.99. The predicted molar refractivity (Wildman–Crippen MR) is 63.8 cm³/mol. The Morgan fingerprint density at radius 3 is 1.81 bits per heavy atom. The van der Waals surface area contributed by atoms with Crippen molar-refractivity contribution in [2.45, 2.75) is 39.5 Å². The molecule has 2 nitrogen and oxygen atoms in total. The Balaban J connectivity index is 0. The number of carbonyl (C=O) groups is 1. The number of carbonyl (C=O) groups excluding carboxylic acids is 1. The third-order valence-electron chi connectivity index (χ3n) is 1.79. The van der Waals surface area contributed by atoms with Crippen molar-refractivity contribution in [2.24, 2.45) is 0 Å². The van der Waals surface area contributed by atoms with Gasteiger partial charge in [0.15, 0.2) is 5.78 Å². The summed E-state index contributed by atoms with van der Waals surface area (Å²) >= 11 is 0. The molecule has 1 N–H and O–H groups in total. The summed E-state index contributed by atoms with van der Waals surface area (Å²) in [4.78, 5) is 10.0. The van der Waals surface area contributed by atoms with Gasteiger partial charge >= 0.3 is 0 Å². The van der Waals surface area contributed by atoms with Gasteiger partial charge in [0.2, 0.25) is 0 Å². The van der Waals surface area contributed by atoms with Crippen LogP contribution in [-0.4, -0.2) is 10.9 Å². The van der Waals surface area contributed by atoms with Crippen molar-refractivity contribution in [3.05, 3.63) is 36.1 Å². The summed E-state index contributed by atoms with van der Waals surface area (Å²) in [5.74, 6) is -0.0625. The standard InChI is InChI=1S/C8H12.C5H8O2.Ir/c1-2-4-6-8-7-5-3-1;1-4(6)3-5(2)7;/h1-4H,5-8H2;3,6H,1-2H3;/b3-1-,4-2-;4-3-;. The molecule has 1 rings (SSSR count). The van der Waals surface area contributed by atoms with Crippen molar-refractivity contribution in [1.82, 2.24) is 0 Å². The van der Waals surface area contributed by atoms with Crippen LogP contribution < -0.4 is 0 Å². The average molecular weight is 401 g/mol. The van der Waals surface area contributed by atoms with Gasteiger partial charge in [0, 0.05) is 26.2 Å². The van der Waals surface area contributed by atoms with Gasteiger partial charge in [-0.3, -0.25) is 4.79 Å². The Hall–Kier alpha value is -0.661. The van der Waals surface area contributed by atoms with E-state index in [4.69, 9.17) is 5.11 Å². The van der Waals surface area contributed by atoms with Crippen molar-refractivity contribution in [3.63, 3.8) is 0 Å². The molecule has 0 bridgehead atoms. The van der Waals surface area contributed by atoms with E-state index in [1.807, 2.05) is 0 Å². The number of hydrogen-bond donors (Lipinski definition) is 1. The Labute approximate surface area is 111 Å². The molecule has 0 aromatic rings. The van der Waals surface area contributed by atoms with Gasteiger partial charge in [0.05, 0.1) is 5.76 Å². The molecule has 0 aliphatic heterocycles. The molecular weight excluding hydrogens is 380 g/mol. The van der Waals surface area contributed by atoms with Gasteiger partial charge in [-0.1, -0.05) is 24.3 Å². The molecule has 0 unspecified atom stereocenters. The second-order valence-electron chi connectivity index (χ2n) is 3.54. The number of rotatable bonds is 1. The number of allylic oxidation sites excluding steroid dienone is 6. The summed E-state index contributed by atoms with van der Waals surface area (Å²) in [7, 11) is 0. The second-order valence-corrected chi connectivity index (χ2v) is 3.54. The molecule has 0 saturated carbocycles. The van der Waals surface area contributed by atoms with Crippen LogP contribution >= 0.6 is 0 Å². The second kappa shape index (κ2) is 12.4. The zero-order chi connectivity index (χ0) is 11.5. The van der Waals surface area contributed by atoms with E-state index in [-0.39, 0.29) is 31.6 Å². The maximum atomic E-state index is 10.0. The Morgan fingerprint density at radius 1 is 1.12 bits per heavy atom. The van der Waals surface area contributed by atoms with Crippen LogP contribution in [0.2, 0.25) is 0 Å². The smallest absolute Gasteiger partial charge is 0.155 e. The molecule has 0 aromatic heterocycles. The van der Waals surface area contributed by atoms with E-state index >= 15 is 0 Å². The fraction of sp³-hybridized carbons (Fsp3) is 0.462. The van der Waals surface area contributed by atoms with Crippen LogP contribution in [0.3, 0.4) is 0 Å². The molecule has 0 atom stereocenters. The van der Waals surface area contributed by atoms with Crippen molar-refractivity contribution >= 4 is 5.78 Å². The van der Waals surface area contributed by atoms with E-state index in [2.05, 4.69) is 24.3 Å². The SMILES string of the molecule is C1=C\CCCC\C=C/1.CC(=O)/C=C(/C)O.[Ir]. The molecule has 1 aliphatic carbocycles. The van der Waals surface area contributed by atoms with Gasteiger partial charge in [0.25, 0.3) is 0 Å². The first-order valence-electron chi connectivity index (χ1n) is 5.32. The van der Waals surface area contributed by atoms with Crippen molar-refractivity contribution < 1.29 is 30.0 Å². The largest absolute Gasteiger partial charge is 0.512 e. The minimum absolute atomic E-state index is 0. The first-order chi connectivity index (χ1) is 7.13. The maximum absolute atomic E-state index is 10.0. The summed E-state index contributed by atoms with van der Waals surface area (Å²) in [6, 6.07) is 0. The molecule has 0 aromatic carbocycles. The molecule has 3 heteroatoms. The van der Waals surface area contributed by atoms with Gasteiger partial charge < -0.3 is 5.11 Å². The number of ketones is 1. The van der Waals surface area contributed by atoms with Crippen LogP contribution in [0.1, 0.15) is 39.5 Å². The van der Waals surface area contributed by atoms with Crippen LogP contribution in [0.4, 0.5) is 0 Å². The third kappa shape index (κ3) is 15.8. The predicted octanol–water partition coefficient (Wildman–Crippen LogP) is 3.71. The summed E-state index contributed by atoms with van der Waals surface area (Å²) in [5.41, 5.74) is 0. The molecule has 1 radical (unpaired) electrons. The maximum Gasteiger partial charge on any atom is 0.155 e. The Kier molecular flexibility index (Phi) is 13.7. The zero-order valence-corrected chi connectivity index (χ0v) is 12.3. The molecule has 0 fully saturated rings. The van der Waals surface area contributed by atoms with Gasteiger partial charge in [-0.2, -0.15) is 0 Å². The number of aliphatic hydroxyl groups excluding tert-OH is 1. The van der Waals surface area contributed by atoms with E-state index in [9.17, 15) is 4.79 Å². The van der Waals surface area contributed by atoms with E-state index in [1.54, 1.807) is 0 Å². The molecule has 0 saturated heterocycles. The minimum Gasteiger partial charge on any atom is -0.512 e. The molecular formula is C13H20IrO2. The van der Waals surface area contributed by atoms with E-state index in [0.29, 0.717) is 0 Å². The molecule has 0 amide bonds. The van der Waals surface area contributed by atoms with Crippen LogP contribution in [0, 0.1) is 0 Å². The molecule has 0 spiro atoms. The third-order valence-corrected chi connectivity index (χ3v) is 1.79. The zero-order valence-electron chi connectivity index (χ0n) is 9.90. The van der Waals surface area contributed by atoms with Crippen molar-refractivity contribution in [3.8, 4) is 0 Å². The Bertz CT molecular complexity index is 247. The van der Waals surface area contributed by atoms with Crippen molar-refractivity contribution in [1.29, 1.82) is 0 Å². The van der Waals surface area contributed by atoms with E-state index in [1.165, 1.54) is 45.6 Å². The summed E-state index contributed by atoms with van der Waals surface area (Å²) in [6.45, 7) is 2.85. The fourth-order valence-corrected chi connectivity index (χ4v) is 1.17. The molecule has 0 heterocycles. The van der Waals surface area contributed by atoms with Gasteiger partial charge in [0.1, 0.15) is 0 Å². The summed E-state index contributed by atoms with van der Waals surface area (Å²) in [6.07, 6.45) is 15.2. The first kappa shape index (κ1) is 17.7. The van der Waals surface area contributed by atoms with Crippen LogP contribution in [0.5, 0.6) is 0 Å². The topological polar surface area (TPSA) is 37.3 Å². The molecule has 16 heavy (non-hydrogen) atoms. The monoisotopic (exact) mass is 401 g/mol. The normalized spacial score (nSPS) is 19.0. The van der Waals surface area contributed by atoms with Gasteiger partial charge in [-0.25, -0.2) is 0 Å². The van der Waals surface area contributed by atoms with Crippen LogP contribution in [0.25, 0.3) is 0 Å². The summed E-state index contributed by atoms with van der Waals surface area (Å²) < 4.78 is 0. The fourth-order valence-electron chi connectivity index (χ4n) is 1.17. The van der Waals surface area contributed by atoms with Gasteiger partial charge in [-0.05, 0) is 39.5 Å². The van der Waals surface area contributed by atoms with Crippen LogP contribution in [0.15, 0.2) is 36.1 Å². The molecule has 93 valence electrons. The number of aliphatic hydroxyl groups is 1. The van der Waals surface area contributed by atoms with E-state index in [0.717, 1.165) is 0 Å². The Morgan fingerprint density at radius 2 is 1.56 bits per heavy atom. The van der Waals surface area contributed by atoms with Crippen molar-refractivity contribution in [2.75, 3.05) is 0 Å².